The van der Waals surface area contributed by atoms with Crippen LogP contribution in [0.5, 0.6) is 0 Å². The van der Waals surface area contributed by atoms with Crippen LogP contribution in [-0.4, -0.2) is 78.2 Å². The molecule has 120 valence electrons. The third-order valence-electron chi connectivity index (χ3n) is 5.17. The topological polar surface area (TPSA) is 21.8 Å². The number of hydrogen-bond donors (Lipinski definition) is 1. The van der Waals surface area contributed by atoms with E-state index in [1.165, 1.54) is 71.2 Å². The summed E-state index contributed by atoms with van der Waals surface area (Å²) >= 11 is 5.65. The normalized spacial score (nSPS) is 28.6. The molecular formula is C16H30N4S. The Morgan fingerprint density at radius 3 is 2.52 bits per heavy atom. The molecule has 0 aromatic rings. The summed E-state index contributed by atoms with van der Waals surface area (Å²) in [5, 5.41) is 4.56. The van der Waals surface area contributed by atoms with Crippen LogP contribution in [0.3, 0.4) is 0 Å². The van der Waals surface area contributed by atoms with Gasteiger partial charge in [-0.15, -0.1) is 0 Å². The summed E-state index contributed by atoms with van der Waals surface area (Å²) in [5.74, 6) is 0. The van der Waals surface area contributed by atoms with E-state index in [2.05, 4.69) is 27.1 Å². The maximum Gasteiger partial charge on any atom is 0.169 e. The van der Waals surface area contributed by atoms with Crippen LogP contribution in [-0.2, 0) is 0 Å². The minimum atomic E-state index is 0.664. The van der Waals surface area contributed by atoms with Gasteiger partial charge in [0.25, 0.3) is 0 Å². The van der Waals surface area contributed by atoms with Crippen molar-refractivity contribution in [2.75, 3.05) is 46.3 Å². The SMILES string of the molecule is CN1CCN(CCC2CCCCN2C(=S)NC2CC2)CC1. The average molecular weight is 311 g/mol. The summed E-state index contributed by atoms with van der Waals surface area (Å²) in [6, 6.07) is 1.34. The van der Waals surface area contributed by atoms with Crippen molar-refractivity contribution < 1.29 is 0 Å². The summed E-state index contributed by atoms with van der Waals surface area (Å²) in [7, 11) is 2.22. The van der Waals surface area contributed by atoms with E-state index in [1.807, 2.05) is 0 Å². The zero-order valence-corrected chi connectivity index (χ0v) is 14.2. The Labute approximate surface area is 134 Å². The number of nitrogens with one attached hydrogen (secondary N) is 1. The molecule has 0 bridgehead atoms. The smallest absolute Gasteiger partial charge is 0.169 e. The molecule has 2 aliphatic heterocycles. The molecule has 0 spiro atoms. The predicted molar refractivity (Wildman–Crippen MR) is 91.7 cm³/mol. The van der Waals surface area contributed by atoms with Gasteiger partial charge >= 0.3 is 0 Å². The van der Waals surface area contributed by atoms with E-state index in [0.717, 1.165) is 11.7 Å². The Morgan fingerprint density at radius 1 is 1.05 bits per heavy atom. The van der Waals surface area contributed by atoms with Crippen LogP contribution in [0.4, 0.5) is 0 Å². The van der Waals surface area contributed by atoms with Gasteiger partial charge in [0.15, 0.2) is 5.11 Å². The minimum Gasteiger partial charge on any atom is -0.360 e. The van der Waals surface area contributed by atoms with Crippen molar-refractivity contribution in [2.24, 2.45) is 0 Å². The van der Waals surface area contributed by atoms with Gasteiger partial charge in [-0.05, 0) is 57.8 Å². The molecule has 1 N–H and O–H groups in total. The summed E-state index contributed by atoms with van der Waals surface area (Å²) in [5.41, 5.74) is 0. The number of piperazine rings is 1. The van der Waals surface area contributed by atoms with E-state index in [0.29, 0.717) is 12.1 Å². The van der Waals surface area contributed by atoms with E-state index < -0.39 is 0 Å². The van der Waals surface area contributed by atoms with E-state index >= 15 is 0 Å². The Bertz CT molecular complexity index is 350. The molecule has 3 rings (SSSR count). The highest BCUT2D eigenvalue weighted by Gasteiger charge is 2.29. The van der Waals surface area contributed by atoms with E-state index in [-0.39, 0.29) is 0 Å². The Morgan fingerprint density at radius 2 is 1.81 bits per heavy atom. The largest absolute Gasteiger partial charge is 0.360 e. The van der Waals surface area contributed by atoms with E-state index in [1.54, 1.807) is 0 Å². The van der Waals surface area contributed by atoms with Crippen molar-refractivity contribution in [2.45, 2.75) is 50.6 Å². The second-order valence-electron chi connectivity index (χ2n) is 7.00. The summed E-state index contributed by atoms with van der Waals surface area (Å²) in [6.07, 6.45) is 7.88. The lowest BCUT2D eigenvalue weighted by molar-refractivity contribution is 0.134. The number of likely N-dealkylation sites (tertiary alicyclic amines) is 1. The van der Waals surface area contributed by atoms with Crippen LogP contribution in [0, 0.1) is 0 Å². The minimum absolute atomic E-state index is 0.664. The van der Waals surface area contributed by atoms with Crippen LogP contribution in [0.15, 0.2) is 0 Å². The summed E-state index contributed by atoms with van der Waals surface area (Å²) in [4.78, 5) is 7.55. The molecule has 0 radical (unpaired) electrons. The van der Waals surface area contributed by atoms with Gasteiger partial charge < -0.3 is 20.0 Å². The third-order valence-corrected chi connectivity index (χ3v) is 5.52. The fraction of sp³-hybridized carbons (Fsp3) is 0.938. The fourth-order valence-electron chi connectivity index (χ4n) is 3.46. The van der Waals surface area contributed by atoms with E-state index in [9.17, 15) is 0 Å². The molecule has 2 heterocycles. The second-order valence-corrected chi connectivity index (χ2v) is 7.39. The molecule has 2 saturated heterocycles. The van der Waals surface area contributed by atoms with Gasteiger partial charge in [0.2, 0.25) is 0 Å². The van der Waals surface area contributed by atoms with E-state index in [4.69, 9.17) is 12.2 Å². The van der Waals surface area contributed by atoms with Crippen molar-refractivity contribution in [1.82, 2.24) is 20.0 Å². The average Bonchev–Trinajstić information content (AvgIpc) is 3.31. The van der Waals surface area contributed by atoms with Crippen LogP contribution >= 0.6 is 12.2 Å². The van der Waals surface area contributed by atoms with Crippen LogP contribution in [0.2, 0.25) is 0 Å². The van der Waals surface area contributed by atoms with Gasteiger partial charge in [-0.1, -0.05) is 0 Å². The first-order valence-corrected chi connectivity index (χ1v) is 9.11. The molecule has 4 nitrogen and oxygen atoms in total. The Kier molecular flexibility index (Phi) is 5.35. The highest BCUT2D eigenvalue weighted by atomic mass is 32.1. The molecule has 1 saturated carbocycles. The standard InChI is InChI=1S/C16H30N4S/c1-18-10-12-19(13-11-18)9-7-15-4-2-3-8-20(15)16(21)17-14-5-6-14/h14-15H,2-13H2,1H3,(H,17,21). The van der Waals surface area contributed by atoms with Crippen LogP contribution in [0.1, 0.15) is 38.5 Å². The number of nitrogens with zero attached hydrogens (tertiary/aromatic N) is 3. The van der Waals surface area contributed by atoms with Gasteiger partial charge in [0, 0.05) is 51.4 Å². The maximum atomic E-state index is 5.65. The number of thiocarbonyl (C=S) groups is 1. The lowest BCUT2D eigenvalue weighted by Crippen LogP contribution is -2.51. The molecule has 0 aromatic heterocycles. The molecule has 1 atom stereocenters. The summed E-state index contributed by atoms with van der Waals surface area (Å²) in [6.45, 7) is 7.29. The summed E-state index contributed by atoms with van der Waals surface area (Å²) < 4.78 is 0. The van der Waals surface area contributed by atoms with Crippen LogP contribution < -0.4 is 5.32 Å². The zero-order valence-electron chi connectivity index (χ0n) is 13.4. The van der Waals surface area contributed by atoms with Gasteiger partial charge in [-0.3, -0.25) is 0 Å². The lowest BCUT2D eigenvalue weighted by Gasteiger charge is -2.39. The number of rotatable bonds is 4. The molecule has 1 aliphatic carbocycles. The highest BCUT2D eigenvalue weighted by molar-refractivity contribution is 7.80. The Balaban J connectivity index is 1.46. The molecule has 0 aromatic carbocycles. The quantitative estimate of drug-likeness (QED) is 0.793. The molecule has 21 heavy (non-hydrogen) atoms. The van der Waals surface area contributed by atoms with Gasteiger partial charge in [-0.25, -0.2) is 0 Å². The van der Waals surface area contributed by atoms with Gasteiger partial charge in [0.1, 0.15) is 0 Å². The monoisotopic (exact) mass is 310 g/mol. The fourth-order valence-corrected chi connectivity index (χ4v) is 3.86. The van der Waals surface area contributed by atoms with Crippen molar-refractivity contribution in [3.05, 3.63) is 0 Å². The molecule has 0 amide bonds. The number of likely N-dealkylation sites (N-methyl/N-ethyl adjacent to an activating group) is 1. The highest BCUT2D eigenvalue weighted by Crippen LogP contribution is 2.23. The molecular weight excluding hydrogens is 280 g/mol. The van der Waals surface area contributed by atoms with Crippen molar-refractivity contribution >= 4 is 17.3 Å². The zero-order chi connectivity index (χ0) is 14.7. The van der Waals surface area contributed by atoms with Crippen molar-refractivity contribution in [3.8, 4) is 0 Å². The molecule has 3 aliphatic rings. The third kappa shape index (κ3) is 4.54. The van der Waals surface area contributed by atoms with Crippen molar-refractivity contribution in [3.63, 3.8) is 0 Å². The second kappa shape index (κ2) is 7.25. The maximum absolute atomic E-state index is 5.65. The molecule has 3 fully saturated rings. The number of hydrogen-bond acceptors (Lipinski definition) is 3. The first-order valence-electron chi connectivity index (χ1n) is 8.70. The molecule has 5 heteroatoms. The Hall–Kier alpha value is -0.390. The lowest BCUT2D eigenvalue weighted by atomic mass is 9.99. The van der Waals surface area contributed by atoms with Crippen LogP contribution in [0.25, 0.3) is 0 Å². The molecule has 1 unspecified atom stereocenters. The first kappa shape index (κ1) is 15.5. The van der Waals surface area contributed by atoms with Gasteiger partial charge in [0.05, 0.1) is 0 Å². The predicted octanol–water partition coefficient (Wildman–Crippen LogP) is 1.52. The van der Waals surface area contributed by atoms with Gasteiger partial charge in [-0.2, -0.15) is 0 Å². The first-order chi connectivity index (χ1) is 10.2. The number of piperidine rings is 1. The van der Waals surface area contributed by atoms with Crippen molar-refractivity contribution in [1.29, 1.82) is 0 Å².